The van der Waals surface area contributed by atoms with E-state index < -0.39 is 5.41 Å². The van der Waals surface area contributed by atoms with Crippen molar-refractivity contribution >= 4 is 11.8 Å². The molecule has 1 fully saturated rings. The average molecular weight is 265 g/mol. The topological polar surface area (TPSA) is 73.2 Å². The number of hydrogen-bond acceptors (Lipinski definition) is 3. The largest absolute Gasteiger partial charge is 0.354 e. The summed E-state index contributed by atoms with van der Waals surface area (Å²) in [6.07, 6.45) is 1.20. The Hall–Kier alpha value is -1.57. The molecule has 2 amide bonds. The lowest BCUT2D eigenvalue weighted by atomic mass is 9.63. The first-order chi connectivity index (χ1) is 8.80. The summed E-state index contributed by atoms with van der Waals surface area (Å²) in [4.78, 5) is 25.2. The third kappa shape index (κ3) is 3.69. The van der Waals surface area contributed by atoms with Gasteiger partial charge in [-0.25, -0.2) is 0 Å². The van der Waals surface area contributed by atoms with Gasteiger partial charge in [-0.05, 0) is 24.7 Å². The molecule has 1 aliphatic rings. The zero-order valence-corrected chi connectivity index (χ0v) is 12.2. The maximum atomic E-state index is 12.2. The van der Waals surface area contributed by atoms with Crippen molar-refractivity contribution in [3.8, 4) is 6.07 Å². The van der Waals surface area contributed by atoms with E-state index in [1.807, 2.05) is 20.8 Å². The van der Waals surface area contributed by atoms with Crippen LogP contribution in [0.1, 0.15) is 33.6 Å². The van der Waals surface area contributed by atoms with E-state index in [9.17, 15) is 14.9 Å². The van der Waals surface area contributed by atoms with Gasteiger partial charge in [0, 0.05) is 13.6 Å². The first kappa shape index (κ1) is 15.5. The van der Waals surface area contributed by atoms with Crippen molar-refractivity contribution in [2.45, 2.75) is 33.6 Å². The lowest BCUT2D eigenvalue weighted by Crippen LogP contribution is -2.51. The molecular weight excluding hydrogens is 242 g/mol. The van der Waals surface area contributed by atoms with Crippen LogP contribution in [0.3, 0.4) is 0 Å². The molecule has 0 spiro atoms. The maximum absolute atomic E-state index is 12.2. The Morgan fingerprint density at radius 3 is 2.47 bits per heavy atom. The molecule has 0 heterocycles. The highest BCUT2D eigenvalue weighted by Crippen LogP contribution is 2.46. The van der Waals surface area contributed by atoms with Gasteiger partial charge >= 0.3 is 0 Å². The summed E-state index contributed by atoms with van der Waals surface area (Å²) in [5, 5.41) is 12.0. The third-order valence-electron chi connectivity index (χ3n) is 3.45. The van der Waals surface area contributed by atoms with E-state index in [2.05, 4.69) is 11.4 Å². The lowest BCUT2D eigenvalue weighted by Gasteiger charge is -2.41. The molecule has 0 aromatic heterocycles. The highest BCUT2D eigenvalue weighted by atomic mass is 16.2. The molecule has 0 aromatic carbocycles. The average Bonchev–Trinajstić information content (AvgIpc) is 2.31. The van der Waals surface area contributed by atoms with Gasteiger partial charge in [-0.3, -0.25) is 9.59 Å². The van der Waals surface area contributed by atoms with Gasteiger partial charge < -0.3 is 10.2 Å². The molecule has 0 bridgehead atoms. The van der Waals surface area contributed by atoms with E-state index in [0.717, 1.165) is 0 Å². The third-order valence-corrected chi connectivity index (χ3v) is 3.45. The van der Waals surface area contributed by atoms with Gasteiger partial charge in [-0.1, -0.05) is 20.8 Å². The summed E-state index contributed by atoms with van der Waals surface area (Å²) in [5.74, 6) is 0.382. The second-order valence-electron chi connectivity index (χ2n) is 6.07. The highest BCUT2D eigenvalue weighted by Gasteiger charge is 2.50. The number of nitrogens with zero attached hydrogens (tertiary/aromatic N) is 2. The Balaban J connectivity index is 2.49. The van der Waals surface area contributed by atoms with Crippen LogP contribution >= 0.6 is 0 Å². The molecule has 1 N–H and O–H groups in total. The van der Waals surface area contributed by atoms with Gasteiger partial charge in [0.25, 0.3) is 0 Å². The molecule has 0 atom stereocenters. The lowest BCUT2D eigenvalue weighted by molar-refractivity contribution is -0.146. The Morgan fingerprint density at radius 2 is 2.05 bits per heavy atom. The normalized spacial score (nSPS) is 25.4. The quantitative estimate of drug-likeness (QED) is 0.810. The van der Waals surface area contributed by atoms with E-state index in [-0.39, 0.29) is 18.4 Å². The molecule has 1 rings (SSSR count). The first-order valence-electron chi connectivity index (χ1n) is 6.74. The van der Waals surface area contributed by atoms with E-state index in [1.165, 1.54) is 4.90 Å². The highest BCUT2D eigenvalue weighted by molar-refractivity contribution is 5.90. The van der Waals surface area contributed by atoms with Crippen LogP contribution in [0.2, 0.25) is 0 Å². The number of hydrogen-bond donors (Lipinski definition) is 1. The summed E-state index contributed by atoms with van der Waals surface area (Å²) in [6, 6.07) is 2.13. The Labute approximate surface area is 115 Å². The van der Waals surface area contributed by atoms with Crippen LogP contribution in [0, 0.1) is 28.6 Å². The predicted octanol–water partition coefficient (Wildman–Crippen LogP) is 1.16. The first-order valence-corrected chi connectivity index (χ1v) is 6.74. The zero-order valence-electron chi connectivity index (χ0n) is 12.2. The number of amides is 2. The van der Waals surface area contributed by atoms with Gasteiger partial charge in [0.2, 0.25) is 11.8 Å². The van der Waals surface area contributed by atoms with E-state index in [1.54, 1.807) is 7.05 Å². The SMILES string of the molecule is CC(C)CNC(=O)CN(C)C(=O)C1(C#N)CC(C)C1. The molecule has 19 heavy (non-hydrogen) atoms. The number of nitrogens with one attached hydrogen (secondary N) is 1. The number of carbonyl (C=O) groups excluding carboxylic acids is 2. The minimum absolute atomic E-state index is 0.0172. The number of likely N-dealkylation sites (N-methyl/N-ethyl adjacent to an activating group) is 1. The van der Waals surface area contributed by atoms with Gasteiger partial charge in [0.1, 0.15) is 5.41 Å². The van der Waals surface area contributed by atoms with Gasteiger partial charge in [0.15, 0.2) is 0 Å². The molecule has 0 aliphatic heterocycles. The summed E-state index contributed by atoms with van der Waals surface area (Å²) < 4.78 is 0. The maximum Gasteiger partial charge on any atom is 0.243 e. The Bertz CT molecular complexity index is 392. The summed E-state index contributed by atoms with van der Waals surface area (Å²) >= 11 is 0. The van der Waals surface area contributed by atoms with E-state index >= 15 is 0 Å². The number of nitriles is 1. The fraction of sp³-hybridized carbons (Fsp3) is 0.786. The van der Waals surface area contributed by atoms with Crippen molar-refractivity contribution in [2.24, 2.45) is 17.3 Å². The van der Waals surface area contributed by atoms with Crippen molar-refractivity contribution in [3.05, 3.63) is 0 Å². The summed E-state index contributed by atoms with van der Waals surface area (Å²) in [5.41, 5.74) is -0.896. The molecule has 1 saturated carbocycles. The molecule has 1 aliphatic carbocycles. The predicted molar refractivity (Wildman–Crippen MR) is 71.9 cm³/mol. The fourth-order valence-electron chi connectivity index (χ4n) is 2.47. The van der Waals surface area contributed by atoms with Crippen molar-refractivity contribution in [1.82, 2.24) is 10.2 Å². The minimum atomic E-state index is -0.896. The van der Waals surface area contributed by atoms with Crippen LogP contribution < -0.4 is 5.32 Å². The van der Waals surface area contributed by atoms with E-state index in [0.29, 0.717) is 31.2 Å². The smallest absolute Gasteiger partial charge is 0.243 e. The van der Waals surface area contributed by atoms with Gasteiger partial charge in [-0.2, -0.15) is 5.26 Å². The molecule has 5 nitrogen and oxygen atoms in total. The molecule has 0 aromatic rings. The van der Waals surface area contributed by atoms with Crippen molar-refractivity contribution in [1.29, 1.82) is 5.26 Å². The monoisotopic (exact) mass is 265 g/mol. The Morgan fingerprint density at radius 1 is 1.47 bits per heavy atom. The van der Waals surface area contributed by atoms with Crippen LogP contribution in [0.4, 0.5) is 0 Å². The molecular formula is C14H23N3O2. The minimum Gasteiger partial charge on any atom is -0.354 e. The zero-order chi connectivity index (χ0) is 14.6. The fourth-order valence-corrected chi connectivity index (χ4v) is 2.47. The standard InChI is InChI=1S/C14H23N3O2/c1-10(2)7-16-12(18)8-17(4)13(19)14(9-15)5-11(3)6-14/h10-11H,5-8H2,1-4H3,(H,16,18). The van der Waals surface area contributed by atoms with Crippen molar-refractivity contribution < 1.29 is 9.59 Å². The summed E-state index contributed by atoms with van der Waals surface area (Å²) in [6.45, 7) is 6.66. The van der Waals surface area contributed by atoms with Crippen LogP contribution in [0.25, 0.3) is 0 Å². The van der Waals surface area contributed by atoms with Crippen LogP contribution in [-0.4, -0.2) is 36.9 Å². The van der Waals surface area contributed by atoms with Crippen LogP contribution in [0.15, 0.2) is 0 Å². The number of carbonyl (C=O) groups is 2. The molecule has 0 unspecified atom stereocenters. The number of rotatable bonds is 5. The molecule has 0 radical (unpaired) electrons. The van der Waals surface area contributed by atoms with Crippen molar-refractivity contribution in [2.75, 3.05) is 20.1 Å². The molecule has 5 heteroatoms. The Kier molecular flexibility index (Phi) is 4.93. The van der Waals surface area contributed by atoms with Crippen LogP contribution in [0.5, 0.6) is 0 Å². The molecule has 0 saturated heterocycles. The van der Waals surface area contributed by atoms with Gasteiger partial charge in [0.05, 0.1) is 12.6 Å². The second-order valence-corrected chi connectivity index (χ2v) is 6.07. The second kappa shape index (κ2) is 6.05. The summed E-state index contributed by atoms with van der Waals surface area (Å²) in [7, 11) is 1.58. The van der Waals surface area contributed by atoms with E-state index in [4.69, 9.17) is 0 Å². The molecule has 106 valence electrons. The van der Waals surface area contributed by atoms with Gasteiger partial charge in [-0.15, -0.1) is 0 Å². The van der Waals surface area contributed by atoms with Crippen molar-refractivity contribution in [3.63, 3.8) is 0 Å². The van der Waals surface area contributed by atoms with Crippen LogP contribution in [-0.2, 0) is 9.59 Å².